The van der Waals surface area contributed by atoms with Gasteiger partial charge in [-0.25, -0.2) is 0 Å². The zero-order valence-corrected chi connectivity index (χ0v) is 9.60. The summed E-state index contributed by atoms with van der Waals surface area (Å²) in [5.41, 5.74) is 0.526. The number of ether oxygens (including phenoxy) is 2. The number of methoxy groups -OCH3 is 1. The van der Waals surface area contributed by atoms with Gasteiger partial charge in [0.25, 0.3) is 0 Å². The van der Waals surface area contributed by atoms with Crippen molar-refractivity contribution in [3.63, 3.8) is 0 Å². The lowest BCUT2D eigenvalue weighted by molar-refractivity contribution is 0.0766. The van der Waals surface area contributed by atoms with Crippen LogP contribution in [0.2, 0.25) is 0 Å². The summed E-state index contributed by atoms with van der Waals surface area (Å²) >= 11 is 0. The number of rotatable bonds is 4. The fourth-order valence-electron chi connectivity index (χ4n) is 1.99. The standard InChI is InChI=1S/C11H16N2O3/c1-13-11(10(15-2)7-12-13)9(14)6-8-4-3-5-16-8/h7-8H,3-6H2,1-2H3. The molecule has 5 nitrogen and oxygen atoms in total. The number of Topliss-reactive ketones (excluding diaryl/α,β-unsaturated/α-hetero) is 1. The molecule has 2 heterocycles. The average molecular weight is 224 g/mol. The first-order valence-electron chi connectivity index (χ1n) is 5.43. The Morgan fingerprint density at radius 1 is 1.75 bits per heavy atom. The summed E-state index contributed by atoms with van der Waals surface area (Å²) < 4.78 is 12.1. The van der Waals surface area contributed by atoms with Gasteiger partial charge in [-0.05, 0) is 12.8 Å². The molecular weight excluding hydrogens is 208 g/mol. The first-order chi connectivity index (χ1) is 7.72. The predicted octanol–water partition coefficient (Wildman–Crippen LogP) is 1.18. The summed E-state index contributed by atoms with van der Waals surface area (Å²) in [6.07, 6.45) is 4.04. The van der Waals surface area contributed by atoms with Gasteiger partial charge in [0.15, 0.2) is 11.5 Å². The van der Waals surface area contributed by atoms with Crippen LogP contribution in [0.25, 0.3) is 0 Å². The summed E-state index contributed by atoms with van der Waals surface area (Å²) in [6, 6.07) is 0. The minimum absolute atomic E-state index is 0.0313. The molecule has 5 heteroatoms. The van der Waals surface area contributed by atoms with Crippen molar-refractivity contribution < 1.29 is 14.3 Å². The Kier molecular flexibility index (Phi) is 3.24. The Morgan fingerprint density at radius 2 is 2.56 bits per heavy atom. The van der Waals surface area contributed by atoms with E-state index in [-0.39, 0.29) is 11.9 Å². The van der Waals surface area contributed by atoms with Crippen molar-refractivity contribution >= 4 is 5.78 Å². The van der Waals surface area contributed by atoms with Crippen LogP contribution in [0.4, 0.5) is 0 Å². The van der Waals surface area contributed by atoms with Gasteiger partial charge in [0.2, 0.25) is 0 Å². The molecule has 88 valence electrons. The normalized spacial score (nSPS) is 20.0. The average Bonchev–Trinajstić information content (AvgIpc) is 2.87. The second kappa shape index (κ2) is 4.65. The Labute approximate surface area is 94.3 Å². The molecule has 1 aliphatic heterocycles. The molecule has 16 heavy (non-hydrogen) atoms. The third-order valence-electron chi connectivity index (χ3n) is 2.83. The van der Waals surface area contributed by atoms with Crippen LogP contribution in [0.3, 0.4) is 0 Å². The molecule has 0 aromatic carbocycles. The molecule has 0 aliphatic carbocycles. The molecule has 1 aromatic heterocycles. The highest BCUT2D eigenvalue weighted by Crippen LogP contribution is 2.22. The van der Waals surface area contributed by atoms with E-state index in [1.165, 1.54) is 0 Å². The lowest BCUT2D eigenvalue weighted by atomic mass is 10.1. The van der Waals surface area contributed by atoms with Crippen molar-refractivity contribution in [1.29, 1.82) is 0 Å². The van der Waals surface area contributed by atoms with Crippen molar-refractivity contribution in [3.8, 4) is 5.75 Å². The molecule has 0 spiro atoms. The highest BCUT2D eigenvalue weighted by molar-refractivity contribution is 5.97. The number of hydrogen-bond acceptors (Lipinski definition) is 4. The van der Waals surface area contributed by atoms with Crippen LogP contribution in [0.5, 0.6) is 5.75 Å². The van der Waals surface area contributed by atoms with E-state index >= 15 is 0 Å². The quantitative estimate of drug-likeness (QED) is 0.721. The Balaban J connectivity index is 2.10. The number of nitrogens with zero attached hydrogens (tertiary/aromatic N) is 2. The molecule has 1 saturated heterocycles. The monoisotopic (exact) mass is 224 g/mol. The molecule has 1 aliphatic rings. The molecule has 1 unspecified atom stereocenters. The van der Waals surface area contributed by atoms with Crippen LogP contribution in [0.1, 0.15) is 29.8 Å². The number of ketones is 1. The van der Waals surface area contributed by atoms with Crippen molar-refractivity contribution in [2.75, 3.05) is 13.7 Å². The third-order valence-corrected chi connectivity index (χ3v) is 2.83. The number of carbonyl (C=O) groups is 1. The van der Waals surface area contributed by atoms with E-state index in [1.807, 2.05) is 0 Å². The highest BCUT2D eigenvalue weighted by Gasteiger charge is 2.24. The van der Waals surface area contributed by atoms with Crippen LogP contribution in [0.15, 0.2) is 6.20 Å². The molecular formula is C11H16N2O3. The minimum Gasteiger partial charge on any atom is -0.493 e. The third kappa shape index (κ3) is 2.09. The van der Waals surface area contributed by atoms with E-state index < -0.39 is 0 Å². The van der Waals surface area contributed by atoms with E-state index in [4.69, 9.17) is 9.47 Å². The summed E-state index contributed by atoms with van der Waals surface area (Å²) in [5, 5.41) is 4.01. The largest absolute Gasteiger partial charge is 0.493 e. The minimum atomic E-state index is 0.0313. The maximum absolute atomic E-state index is 12.0. The second-order valence-electron chi connectivity index (χ2n) is 3.95. The maximum atomic E-state index is 12.0. The number of hydrogen-bond donors (Lipinski definition) is 0. The van der Waals surface area contributed by atoms with E-state index in [2.05, 4.69) is 5.10 Å². The van der Waals surface area contributed by atoms with Crippen molar-refractivity contribution in [2.24, 2.45) is 7.05 Å². The predicted molar refractivity (Wildman–Crippen MR) is 57.7 cm³/mol. The van der Waals surface area contributed by atoms with Gasteiger partial charge < -0.3 is 9.47 Å². The summed E-state index contributed by atoms with van der Waals surface area (Å²) in [7, 11) is 3.28. The van der Waals surface area contributed by atoms with E-state index in [1.54, 1.807) is 25.0 Å². The highest BCUT2D eigenvalue weighted by atomic mass is 16.5. The molecule has 1 fully saturated rings. The fraction of sp³-hybridized carbons (Fsp3) is 0.636. The number of aromatic nitrogens is 2. The van der Waals surface area contributed by atoms with E-state index in [0.29, 0.717) is 17.9 Å². The molecule has 0 N–H and O–H groups in total. The number of aryl methyl sites for hydroxylation is 1. The van der Waals surface area contributed by atoms with Gasteiger partial charge in [-0.15, -0.1) is 0 Å². The van der Waals surface area contributed by atoms with E-state index in [9.17, 15) is 4.79 Å². The zero-order chi connectivity index (χ0) is 11.5. The van der Waals surface area contributed by atoms with Gasteiger partial charge in [-0.1, -0.05) is 0 Å². The maximum Gasteiger partial charge on any atom is 0.187 e. The summed E-state index contributed by atoms with van der Waals surface area (Å²) in [6.45, 7) is 0.764. The number of carbonyl (C=O) groups excluding carboxylic acids is 1. The Morgan fingerprint density at radius 3 is 3.19 bits per heavy atom. The zero-order valence-electron chi connectivity index (χ0n) is 9.60. The first kappa shape index (κ1) is 11.1. The van der Waals surface area contributed by atoms with Crippen molar-refractivity contribution in [2.45, 2.75) is 25.4 Å². The van der Waals surface area contributed by atoms with Gasteiger partial charge in [-0.3, -0.25) is 9.48 Å². The van der Waals surface area contributed by atoms with Crippen LogP contribution in [0, 0.1) is 0 Å². The molecule has 1 aromatic rings. The van der Waals surface area contributed by atoms with Crippen LogP contribution in [-0.2, 0) is 11.8 Å². The van der Waals surface area contributed by atoms with Gasteiger partial charge >= 0.3 is 0 Å². The molecule has 0 saturated carbocycles. The SMILES string of the molecule is COc1cnn(C)c1C(=O)CC1CCCO1. The van der Waals surface area contributed by atoms with Crippen molar-refractivity contribution in [1.82, 2.24) is 9.78 Å². The molecule has 0 bridgehead atoms. The molecule has 0 radical (unpaired) electrons. The topological polar surface area (TPSA) is 53.4 Å². The smallest absolute Gasteiger partial charge is 0.187 e. The molecule has 1 atom stereocenters. The van der Waals surface area contributed by atoms with Crippen molar-refractivity contribution in [3.05, 3.63) is 11.9 Å². The van der Waals surface area contributed by atoms with Crippen LogP contribution >= 0.6 is 0 Å². The van der Waals surface area contributed by atoms with E-state index in [0.717, 1.165) is 19.4 Å². The van der Waals surface area contributed by atoms with Gasteiger partial charge in [0, 0.05) is 20.1 Å². The Hall–Kier alpha value is -1.36. The molecule has 2 rings (SSSR count). The molecule has 0 amide bonds. The lowest BCUT2D eigenvalue weighted by Gasteiger charge is -2.09. The van der Waals surface area contributed by atoms with Crippen LogP contribution < -0.4 is 4.74 Å². The summed E-state index contributed by atoms with van der Waals surface area (Å²) in [4.78, 5) is 12.0. The van der Waals surface area contributed by atoms with Crippen LogP contribution in [-0.4, -0.2) is 35.4 Å². The first-order valence-corrected chi connectivity index (χ1v) is 5.43. The summed E-state index contributed by atoms with van der Waals surface area (Å²) in [5.74, 6) is 0.564. The Bertz CT molecular complexity index is 381. The lowest BCUT2D eigenvalue weighted by Crippen LogP contribution is -2.16. The van der Waals surface area contributed by atoms with Gasteiger partial charge in [-0.2, -0.15) is 5.10 Å². The fourth-order valence-corrected chi connectivity index (χ4v) is 1.99. The van der Waals surface area contributed by atoms with Gasteiger partial charge in [0.1, 0.15) is 5.69 Å². The van der Waals surface area contributed by atoms with Gasteiger partial charge in [0.05, 0.1) is 19.4 Å². The second-order valence-corrected chi connectivity index (χ2v) is 3.95.